The molecule has 0 fully saturated rings. The number of nitrogens with zero attached hydrogens (tertiary/aromatic N) is 3. The van der Waals surface area contributed by atoms with Gasteiger partial charge in [0, 0.05) is 51.3 Å². The van der Waals surface area contributed by atoms with E-state index in [2.05, 4.69) is 25.2 Å². The van der Waals surface area contributed by atoms with Crippen molar-refractivity contribution in [2.24, 2.45) is 4.99 Å². The Morgan fingerprint density at radius 1 is 1.11 bits per heavy atom. The van der Waals surface area contributed by atoms with Crippen LogP contribution in [0.15, 0.2) is 72.1 Å². The summed E-state index contributed by atoms with van der Waals surface area (Å²) in [4.78, 5) is 8.49. The molecular weight excluding hydrogens is 345 g/mol. The molecule has 0 bridgehead atoms. The molecule has 2 aromatic heterocycles. The van der Waals surface area contributed by atoms with Crippen molar-refractivity contribution in [1.82, 2.24) is 20.2 Å². The van der Waals surface area contributed by atoms with Crippen LogP contribution >= 0.6 is 0 Å². The molecule has 27 heavy (non-hydrogen) atoms. The summed E-state index contributed by atoms with van der Waals surface area (Å²) in [6.07, 6.45) is 5.79. The van der Waals surface area contributed by atoms with E-state index < -0.39 is 0 Å². The van der Waals surface area contributed by atoms with E-state index in [9.17, 15) is 4.39 Å². The summed E-state index contributed by atoms with van der Waals surface area (Å²) < 4.78 is 20.6. The second-order valence-corrected chi connectivity index (χ2v) is 5.83. The highest BCUT2D eigenvalue weighted by atomic mass is 19.1. The van der Waals surface area contributed by atoms with Gasteiger partial charge in [0.05, 0.1) is 0 Å². The molecule has 3 aromatic rings. The highest BCUT2D eigenvalue weighted by Crippen LogP contribution is 2.19. The summed E-state index contributed by atoms with van der Waals surface area (Å²) in [6.45, 7) is 2.23. The standard InChI is InChI=1S/C20H22FN5O/c1-22-20(23-10-13-26-11-2-3-12-26)25-15-16-4-9-19(24-14-16)27-18-7-5-17(21)6-8-18/h2-9,11-12,14H,10,13,15H2,1H3,(H2,22,23,25). The average molecular weight is 367 g/mol. The SMILES string of the molecule is CN=C(NCCn1cccc1)NCc1ccc(Oc2ccc(F)cc2)nc1. The zero-order valence-corrected chi connectivity index (χ0v) is 15.1. The Labute approximate surface area is 157 Å². The third-order valence-corrected chi connectivity index (χ3v) is 3.85. The summed E-state index contributed by atoms with van der Waals surface area (Å²) in [5.74, 6) is 1.43. The Morgan fingerprint density at radius 2 is 1.89 bits per heavy atom. The molecule has 2 N–H and O–H groups in total. The van der Waals surface area contributed by atoms with Crippen LogP contribution in [-0.2, 0) is 13.1 Å². The van der Waals surface area contributed by atoms with Crippen molar-refractivity contribution in [3.8, 4) is 11.6 Å². The average Bonchev–Trinajstić information content (AvgIpc) is 3.21. The van der Waals surface area contributed by atoms with E-state index in [1.165, 1.54) is 12.1 Å². The Balaban J connectivity index is 1.45. The van der Waals surface area contributed by atoms with E-state index >= 15 is 0 Å². The van der Waals surface area contributed by atoms with Crippen LogP contribution < -0.4 is 15.4 Å². The molecule has 0 aliphatic rings. The van der Waals surface area contributed by atoms with Gasteiger partial charge in [0.15, 0.2) is 5.96 Å². The molecule has 0 saturated carbocycles. The second kappa shape index (κ2) is 9.38. The smallest absolute Gasteiger partial charge is 0.219 e. The lowest BCUT2D eigenvalue weighted by atomic mass is 10.3. The molecule has 0 saturated heterocycles. The van der Waals surface area contributed by atoms with Gasteiger partial charge >= 0.3 is 0 Å². The molecule has 0 atom stereocenters. The van der Waals surface area contributed by atoms with E-state index in [4.69, 9.17) is 4.74 Å². The van der Waals surface area contributed by atoms with Gasteiger partial charge in [-0.05, 0) is 42.0 Å². The second-order valence-electron chi connectivity index (χ2n) is 5.83. The molecule has 0 radical (unpaired) electrons. The van der Waals surface area contributed by atoms with Crippen molar-refractivity contribution in [3.63, 3.8) is 0 Å². The Kier molecular flexibility index (Phi) is 6.40. The van der Waals surface area contributed by atoms with Crippen LogP contribution in [-0.4, -0.2) is 29.1 Å². The molecule has 2 heterocycles. The van der Waals surface area contributed by atoms with Crippen LogP contribution in [0.3, 0.4) is 0 Å². The molecule has 0 amide bonds. The lowest BCUT2D eigenvalue weighted by molar-refractivity contribution is 0.461. The van der Waals surface area contributed by atoms with Crippen LogP contribution in [0.4, 0.5) is 4.39 Å². The number of benzene rings is 1. The molecular formula is C20H22FN5O. The van der Waals surface area contributed by atoms with Crippen molar-refractivity contribution in [1.29, 1.82) is 0 Å². The molecule has 0 aliphatic heterocycles. The van der Waals surface area contributed by atoms with Crippen LogP contribution in [0, 0.1) is 5.82 Å². The molecule has 0 spiro atoms. The number of ether oxygens (including phenoxy) is 1. The monoisotopic (exact) mass is 367 g/mol. The fourth-order valence-electron chi connectivity index (χ4n) is 2.43. The minimum absolute atomic E-state index is 0.299. The first kappa shape index (κ1) is 18.4. The van der Waals surface area contributed by atoms with Gasteiger partial charge in [-0.3, -0.25) is 4.99 Å². The third-order valence-electron chi connectivity index (χ3n) is 3.85. The molecule has 7 heteroatoms. The number of nitrogens with one attached hydrogen (secondary N) is 2. The van der Waals surface area contributed by atoms with Crippen LogP contribution in [0.5, 0.6) is 11.6 Å². The molecule has 3 rings (SSSR count). The first-order valence-corrected chi connectivity index (χ1v) is 8.66. The zero-order chi connectivity index (χ0) is 18.9. The Hall–Kier alpha value is -3.35. The fraction of sp³-hybridized carbons (Fsp3) is 0.200. The summed E-state index contributed by atoms with van der Waals surface area (Å²) in [6, 6.07) is 13.5. The van der Waals surface area contributed by atoms with E-state index in [0.29, 0.717) is 18.2 Å². The Bertz CT molecular complexity index is 845. The lowest BCUT2D eigenvalue weighted by Crippen LogP contribution is -2.38. The summed E-state index contributed by atoms with van der Waals surface area (Å²) >= 11 is 0. The topological polar surface area (TPSA) is 63.5 Å². The third kappa shape index (κ3) is 5.85. The maximum absolute atomic E-state index is 12.9. The highest BCUT2D eigenvalue weighted by molar-refractivity contribution is 5.79. The predicted octanol–water partition coefficient (Wildman–Crippen LogP) is 3.18. The van der Waals surface area contributed by atoms with E-state index in [0.717, 1.165) is 24.6 Å². The van der Waals surface area contributed by atoms with Gasteiger partial charge in [0.2, 0.25) is 5.88 Å². The quantitative estimate of drug-likeness (QED) is 0.497. The molecule has 0 aliphatic carbocycles. The lowest BCUT2D eigenvalue weighted by Gasteiger charge is -2.12. The van der Waals surface area contributed by atoms with Crippen LogP contribution in [0.2, 0.25) is 0 Å². The predicted molar refractivity (Wildman–Crippen MR) is 103 cm³/mol. The first-order valence-electron chi connectivity index (χ1n) is 8.66. The van der Waals surface area contributed by atoms with E-state index in [1.54, 1.807) is 31.4 Å². The number of aromatic nitrogens is 2. The van der Waals surface area contributed by atoms with E-state index in [-0.39, 0.29) is 5.82 Å². The normalized spacial score (nSPS) is 11.3. The van der Waals surface area contributed by atoms with Crippen LogP contribution in [0.1, 0.15) is 5.56 Å². The van der Waals surface area contributed by atoms with Crippen molar-refractivity contribution in [3.05, 3.63) is 78.5 Å². The maximum Gasteiger partial charge on any atom is 0.219 e. The Morgan fingerprint density at radius 3 is 2.56 bits per heavy atom. The fourth-order valence-corrected chi connectivity index (χ4v) is 2.43. The minimum Gasteiger partial charge on any atom is -0.439 e. The number of hydrogen-bond acceptors (Lipinski definition) is 3. The van der Waals surface area contributed by atoms with Gasteiger partial charge in [-0.2, -0.15) is 0 Å². The van der Waals surface area contributed by atoms with Gasteiger partial charge < -0.3 is 19.9 Å². The largest absolute Gasteiger partial charge is 0.439 e. The van der Waals surface area contributed by atoms with Crippen LogP contribution in [0.25, 0.3) is 0 Å². The number of aliphatic imine (C=N–C) groups is 1. The van der Waals surface area contributed by atoms with Crippen molar-refractivity contribution >= 4 is 5.96 Å². The maximum atomic E-state index is 12.9. The first-order chi connectivity index (χ1) is 13.2. The van der Waals surface area contributed by atoms with E-state index in [1.807, 2.05) is 30.6 Å². The highest BCUT2D eigenvalue weighted by Gasteiger charge is 2.02. The van der Waals surface area contributed by atoms with Gasteiger partial charge in [0.1, 0.15) is 11.6 Å². The number of halogens is 1. The summed E-state index contributed by atoms with van der Waals surface area (Å²) in [5, 5.41) is 6.52. The minimum atomic E-state index is -0.299. The molecule has 6 nitrogen and oxygen atoms in total. The van der Waals surface area contributed by atoms with Gasteiger partial charge in [-0.15, -0.1) is 0 Å². The number of rotatable bonds is 7. The molecule has 140 valence electrons. The number of hydrogen-bond donors (Lipinski definition) is 2. The van der Waals surface area contributed by atoms with Crippen molar-refractivity contribution in [2.45, 2.75) is 13.1 Å². The van der Waals surface area contributed by atoms with Gasteiger partial charge in [-0.25, -0.2) is 9.37 Å². The number of guanidine groups is 1. The zero-order valence-electron chi connectivity index (χ0n) is 15.1. The van der Waals surface area contributed by atoms with Crippen molar-refractivity contribution in [2.75, 3.05) is 13.6 Å². The summed E-state index contributed by atoms with van der Waals surface area (Å²) in [5.41, 5.74) is 0.995. The molecule has 0 unspecified atom stereocenters. The number of pyridine rings is 1. The van der Waals surface area contributed by atoms with Gasteiger partial charge in [0.25, 0.3) is 0 Å². The van der Waals surface area contributed by atoms with Gasteiger partial charge in [-0.1, -0.05) is 6.07 Å². The summed E-state index contributed by atoms with van der Waals surface area (Å²) in [7, 11) is 1.74. The molecule has 1 aromatic carbocycles. The van der Waals surface area contributed by atoms with Crippen molar-refractivity contribution < 1.29 is 9.13 Å².